The molecule has 1 aromatic heterocycles. The van der Waals surface area contributed by atoms with Crippen LogP contribution in [0, 0.1) is 11.3 Å². The minimum atomic E-state index is 0.717. The summed E-state index contributed by atoms with van der Waals surface area (Å²) in [6, 6.07) is 13.8. The third-order valence-electron chi connectivity index (χ3n) is 2.09. The molecule has 2 heteroatoms. The molecule has 0 fully saturated rings. The summed E-state index contributed by atoms with van der Waals surface area (Å²) in [6.45, 7) is 0.822. The maximum absolute atomic E-state index is 8.73. The van der Waals surface area contributed by atoms with E-state index in [-0.39, 0.29) is 0 Å². The van der Waals surface area contributed by atoms with Gasteiger partial charge in [-0.1, -0.05) is 12.1 Å². The molecule has 0 aliphatic rings. The van der Waals surface area contributed by atoms with E-state index in [1.807, 2.05) is 48.8 Å². The second kappa shape index (κ2) is 3.80. The van der Waals surface area contributed by atoms with Crippen LogP contribution in [-0.4, -0.2) is 4.57 Å². The molecule has 0 saturated carbocycles. The quantitative estimate of drug-likeness (QED) is 0.701. The van der Waals surface area contributed by atoms with Crippen LogP contribution in [0.5, 0.6) is 0 Å². The first-order valence-electron chi connectivity index (χ1n) is 4.48. The highest BCUT2D eigenvalue weighted by Gasteiger charge is 1.95. The predicted octanol–water partition coefficient (Wildman–Crippen LogP) is 2.41. The highest BCUT2D eigenvalue weighted by molar-refractivity contribution is 5.32. The van der Waals surface area contributed by atoms with E-state index in [2.05, 4.69) is 10.6 Å². The minimum absolute atomic E-state index is 0.717. The highest BCUT2D eigenvalue weighted by Crippen LogP contribution is 2.06. The summed E-state index contributed by atoms with van der Waals surface area (Å²) in [7, 11) is 0. The summed E-state index contributed by atoms with van der Waals surface area (Å²) >= 11 is 0. The summed E-state index contributed by atoms with van der Waals surface area (Å²) < 4.78 is 2.08. The van der Waals surface area contributed by atoms with Gasteiger partial charge in [0.15, 0.2) is 0 Å². The minimum Gasteiger partial charge on any atom is -0.350 e. The Balaban J connectivity index is 2.22. The first-order chi connectivity index (χ1) is 6.88. The Morgan fingerprint density at radius 1 is 1.14 bits per heavy atom. The van der Waals surface area contributed by atoms with Crippen LogP contribution in [0.4, 0.5) is 0 Å². The topological polar surface area (TPSA) is 28.7 Å². The third kappa shape index (κ3) is 1.83. The Bertz CT molecular complexity index is 449. The van der Waals surface area contributed by atoms with E-state index >= 15 is 0 Å². The van der Waals surface area contributed by atoms with Gasteiger partial charge in [0, 0.05) is 18.9 Å². The van der Waals surface area contributed by atoms with Gasteiger partial charge in [0.25, 0.3) is 0 Å². The molecule has 0 aliphatic heterocycles. The number of benzene rings is 1. The van der Waals surface area contributed by atoms with Gasteiger partial charge in [0.1, 0.15) is 0 Å². The van der Waals surface area contributed by atoms with Crippen molar-refractivity contribution in [3.8, 4) is 6.07 Å². The van der Waals surface area contributed by atoms with Crippen LogP contribution in [-0.2, 0) is 6.54 Å². The standard InChI is InChI=1S/C12H10N2/c13-9-11-4-3-5-12(8-11)10-14-6-1-2-7-14/h1-8H,10H2. The summed E-state index contributed by atoms with van der Waals surface area (Å²) in [5.74, 6) is 0. The highest BCUT2D eigenvalue weighted by atomic mass is 14.9. The lowest BCUT2D eigenvalue weighted by Gasteiger charge is -2.02. The third-order valence-corrected chi connectivity index (χ3v) is 2.09. The van der Waals surface area contributed by atoms with Gasteiger partial charge in [-0.3, -0.25) is 0 Å². The number of nitriles is 1. The van der Waals surface area contributed by atoms with Crippen molar-refractivity contribution < 1.29 is 0 Å². The maximum atomic E-state index is 8.73. The molecule has 2 rings (SSSR count). The van der Waals surface area contributed by atoms with Crippen LogP contribution in [0.3, 0.4) is 0 Å². The predicted molar refractivity (Wildman–Crippen MR) is 54.7 cm³/mol. The average molecular weight is 182 g/mol. The smallest absolute Gasteiger partial charge is 0.0991 e. The van der Waals surface area contributed by atoms with Gasteiger partial charge in [0.2, 0.25) is 0 Å². The summed E-state index contributed by atoms with van der Waals surface area (Å²) in [5, 5.41) is 8.73. The molecule has 0 N–H and O–H groups in total. The lowest BCUT2D eigenvalue weighted by Crippen LogP contribution is -1.95. The molecule has 0 bridgehead atoms. The fourth-order valence-electron chi connectivity index (χ4n) is 1.43. The summed E-state index contributed by atoms with van der Waals surface area (Å²) in [5.41, 5.74) is 1.87. The van der Waals surface area contributed by atoms with Gasteiger partial charge >= 0.3 is 0 Å². The average Bonchev–Trinajstić information content (AvgIpc) is 2.71. The van der Waals surface area contributed by atoms with Crippen molar-refractivity contribution in [2.24, 2.45) is 0 Å². The molecule has 68 valence electrons. The molecule has 2 aromatic rings. The molecule has 0 atom stereocenters. The Hall–Kier alpha value is -2.01. The molecule has 0 unspecified atom stereocenters. The van der Waals surface area contributed by atoms with Gasteiger partial charge in [-0.15, -0.1) is 0 Å². The van der Waals surface area contributed by atoms with Gasteiger partial charge in [-0.25, -0.2) is 0 Å². The Kier molecular flexibility index (Phi) is 2.33. The molecule has 2 nitrogen and oxygen atoms in total. The molecule has 0 saturated heterocycles. The van der Waals surface area contributed by atoms with Crippen LogP contribution in [0.15, 0.2) is 48.8 Å². The maximum Gasteiger partial charge on any atom is 0.0991 e. The number of rotatable bonds is 2. The van der Waals surface area contributed by atoms with Crippen molar-refractivity contribution in [1.29, 1.82) is 5.26 Å². The van der Waals surface area contributed by atoms with Gasteiger partial charge < -0.3 is 4.57 Å². The van der Waals surface area contributed by atoms with E-state index in [0.717, 1.165) is 17.7 Å². The number of aromatic nitrogens is 1. The Morgan fingerprint density at radius 2 is 1.93 bits per heavy atom. The van der Waals surface area contributed by atoms with Gasteiger partial charge in [-0.2, -0.15) is 5.26 Å². The van der Waals surface area contributed by atoms with Gasteiger partial charge in [0.05, 0.1) is 11.6 Å². The molecule has 0 radical (unpaired) electrons. The van der Waals surface area contributed by atoms with Gasteiger partial charge in [-0.05, 0) is 29.8 Å². The normalized spacial score (nSPS) is 9.64. The van der Waals surface area contributed by atoms with Crippen LogP contribution < -0.4 is 0 Å². The molecular formula is C12H10N2. The van der Waals surface area contributed by atoms with Crippen LogP contribution in [0.2, 0.25) is 0 Å². The van der Waals surface area contributed by atoms with Crippen LogP contribution in [0.25, 0.3) is 0 Å². The zero-order chi connectivity index (χ0) is 9.80. The first-order valence-corrected chi connectivity index (χ1v) is 4.48. The Labute approximate surface area is 83.0 Å². The number of hydrogen-bond acceptors (Lipinski definition) is 1. The lowest BCUT2D eigenvalue weighted by molar-refractivity contribution is 0.806. The zero-order valence-corrected chi connectivity index (χ0v) is 7.72. The van der Waals surface area contributed by atoms with E-state index in [9.17, 15) is 0 Å². The van der Waals surface area contributed by atoms with E-state index < -0.39 is 0 Å². The fourth-order valence-corrected chi connectivity index (χ4v) is 1.43. The van der Waals surface area contributed by atoms with Crippen molar-refractivity contribution in [1.82, 2.24) is 4.57 Å². The van der Waals surface area contributed by atoms with E-state index in [4.69, 9.17) is 5.26 Å². The van der Waals surface area contributed by atoms with Crippen LogP contribution >= 0.6 is 0 Å². The molecule has 14 heavy (non-hydrogen) atoms. The zero-order valence-electron chi connectivity index (χ0n) is 7.72. The monoisotopic (exact) mass is 182 g/mol. The molecular weight excluding hydrogens is 172 g/mol. The van der Waals surface area contributed by atoms with Crippen molar-refractivity contribution >= 4 is 0 Å². The molecule has 0 aliphatic carbocycles. The Morgan fingerprint density at radius 3 is 2.64 bits per heavy atom. The largest absolute Gasteiger partial charge is 0.350 e. The number of nitrogens with zero attached hydrogens (tertiary/aromatic N) is 2. The van der Waals surface area contributed by atoms with Crippen LogP contribution in [0.1, 0.15) is 11.1 Å². The first kappa shape index (κ1) is 8.58. The molecule has 0 spiro atoms. The van der Waals surface area contributed by atoms with E-state index in [1.165, 1.54) is 0 Å². The molecule has 0 amide bonds. The summed E-state index contributed by atoms with van der Waals surface area (Å²) in [4.78, 5) is 0. The molecule has 1 aromatic carbocycles. The van der Waals surface area contributed by atoms with Crippen molar-refractivity contribution in [3.05, 3.63) is 59.9 Å². The number of hydrogen-bond donors (Lipinski definition) is 0. The van der Waals surface area contributed by atoms with Crippen molar-refractivity contribution in [3.63, 3.8) is 0 Å². The summed E-state index contributed by atoms with van der Waals surface area (Å²) in [6.07, 6.45) is 4.03. The molecule has 1 heterocycles. The fraction of sp³-hybridized carbons (Fsp3) is 0.0833. The lowest BCUT2D eigenvalue weighted by atomic mass is 10.1. The van der Waals surface area contributed by atoms with E-state index in [1.54, 1.807) is 0 Å². The SMILES string of the molecule is N#Cc1cccc(Cn2cccc2)c1. The second-order valence-corrected chi connectivity index (χ2v) is 3.17. The van der Waals surface area contributed by atoms with Crippen molar-refractivity contribution in [2.75, 3.05) is 0 Å². The van der Waals surface area contributed by atoms with E-state index in [0.29, 0.717) is 0 Å². The second-order valence-electron chi connectivity index (χ2n) is 3.17. The van der Waals surface area contributed by atoms with Crippen molar-refractivity contribution in [2.45, 2.75) is 6.54 Å².